The van der Waals surface area contributed by atoms with Gasteiger partial charge in [-0.15, -0.1) is 0 Å². The Morgan fingerprint density at radius 2 is 1.71 bits per heavy atom. The summed E-state index contributed by atoms with van der Waals surface area (Å²) in [5.74, 6) is -0.833. The van der Waals surface area contributed by atoms with Crippen molar-refractivity contribution in [3.63, 3.8) is 0 Å². The van der Waals surface area contributed by atoms with Crippen LogP contribution in [-0.2, 0) is 44.5 Å². The molecular weight excluding hydrogens is 195 g/mol. The third-order valence-corrected chi connectivity index (χ3v) is 0. The Kier molecular flexibility index (Phi) is 35.2. The summed E-state index contributed by atoms with van der Waals surface area (Å²) in [6.45, 7) is 1.08. The van der Waals surface area contributed by atoms with E-state index in [2.05, 4.69) is 0 Å². The normalized spacial score (nSPS) is 4.14. The van der Waals surface area contributed by atoms with Crippen LogP contribution in [0.3, 0.4) is 0 Å². The van der Waals surface area contributed by atoms with Crippen molar-refractivity contribution in [2.24, 2.45) is 0 Å². The molecule has 0 aliphatic rings. The SMILES string of the molecule is CC(=O)O.[Cl][Sc].[Ni]. The Morgan fingerprint density at radius 1 is 1.71 bits per heavy atom. The predicted octanol–water partition coefficient (Wildman–Crippen LogP) is 0.775. The summed E-state index contributed by atoms with van der Waals surface area (Å²) in [5, 5.41) is 7.42. The second-order valence-corrected chi connectivity index (χ2v) is 0.519. The van der Waals surface area contributed by atoms with E-state index in [1.54, 1.807) is 0 Å². The van der Waals surface area contributed by atoms with Crippen molar-refractivity contribution in [3.05, 3.63) is 0 Å². The third kappa shape index (κ3) is 148. The van der Waals surface area contributed by atoms with Crippen LogP contribution in [0, 0.1) is 0 Å². The molecule has 0 aromatic heterocycles. The Balaban J connectivity index is -0.0000000480. The largest absolute Gasteiger partial charge is 0 e. The van der Waals surface area contributed by atoms with Crippen LogP contribution in [0.15, 0.2) is 0 Å². The van der Waals surface area contributed by atoms with E-state index in [4.69, 9.17) is 18.5 Å². The van der Waals surface area contributed by atoms with Gasteiger partial charge in [0.2, 0.25) is 0 Å². The molecule has 1 N–H and O–H groups in total. The van der Waals surface area contributed by atoms with E-state index in [0.717, 1.165) is 30.1 Å². The monoisotopic (exact) mass is 198 g/mol. The smallest absolute Gasteiger partial charge is 0 e. The molecular formula is C2H4ClNiO2Sc. The zero-order valence-corrected chi connectivity index (χ0v) is 7.17. The molecule has 44 valence electrons. The van der Waals surface area contributed by atoms with Crippen molar-refractivity contribution in [2.75, 3.05) is 0 Å². The number of carboxylic acids is 1. The van der Waals surface area contributed by atoms with Crippen molar-refractivity contribution in [2.45, 2.75) is 6.92 Å². The Morgan fingerprint density at radius 3 is 1.71 bits per heavy atom. The summed E-state index contributed by atoms with van der Waals surface area (Å²) < 4.78 is 0. The van der Waals surface area contributed by atoms with Crippen molar-refractivity contribution in [1.29, 1.82) is 0 Å². The average molecular weight is 199 g/mol. The zero-order chi connectivity index (χ0) is 5.58. The molecule has 0 radical (unpaired) electrons. The maximum absolute atomic E-state index is 9.00. The Labute approximate surface area is 70.7 Å². The first-order chi connectivity index (χ1) is 2.73. The van der Waals surface area contributed by atoms with Gasteiger partial charge in [-0.25, -0.2) is 0 Å². The molecule has 2 nitrogen and oxygen atoms in total. The van der Waals surface area contributed by atoms with E-state index in [-0.39, 0.29) is 16.5 Å². The summed E-state index contributed by atoms with van der Waals surface area (Å²) >= 11 is 1.16. The molecule has 0 heterocycles. The zero-order valence-electron chi connectivity index (χ0n) is 3.63. The molecule has 0 fully saturated rings. The maximum atomic E-state index is 9.00. The van der Waals surface area contributed by atoms with Crippen LogP contribution in [0.2, 0.25) is 0 Å². The molecule has 0 aliphatic heterocycles. The van der Waals surface area contributed by atoms with Crippen LogP contribution in [-0.4, -0.2) is 11.1 Å². The van der Waals surface area contributed by atoms with Crippen molar-refractivity contribution >= 4 is 14.5 Å². The van der Waals surface area contributed by atoms with Crippen molar-refractivity contribution < 1.29 is 49.6 Å². The first-order valence-corrected chi connectivity index (χ1v) is 3.63. The van der Waals surface area contributed by atoms with Gasteiger partial charge in [-0.1, -0.05) is 0 Å². The van der Waals surface area contributed by atoms with Crippen LogP contribution in [0.4, 0.5) is 0 Å². The van der Waals surface area contributed by atoms with E-state index in [1.807, 2.05) is 0 Å². The third-order valence-electron chi connectivity index (χ3n) is 0. The van der Waals surface area contributed by atoms with E-state index in [0.29, 0.717) is 0 Å². The Hall–Kier alpha value is 1.12. The van der Waals surface area contributed by atoms with Crippen molar-refractivity contribution in [1.82, 2.24) is 0 Å². The maximum Gasteiger partial charge on any atom is 0 e. The molecule has 0 atom stereocenters. The number of rotatable bonds is 0. The van der Waals surface area contributed by atoms with Crippen molar-refractivity contribution in [3.8, 4) is 0 Å². The van der Waals surface area contributed by atoms with Gasteiger partial charge in [-0.2, -0.15) is 0 Å². The summed E-state index contributed by atoms with van der Waals surface area (Å²) in [6.07, 6.45) is 0. The summed E-state index contributed by atoms with van der Waals surface area (Å²) in [5.41, 5.74) is 0. The minimum absolute atomic E-state index is 0. The van der Waals surface area contributed by atoms with Gasteiger partial charge in [0, 0.05) is 23.4 Å². The number of carbonyl (C=O) groups is 1. The molecule has 7 heavy (non-hydrogen) atoms. The Bertz CT molecular complexity index is 38.7. The van der Waals surface area contributed by atoms with Crippen LogP contribution >= 0.6 is 8.58 Å². The van der Waals surface area contributed by atoms with Crippen LogP contribution in [0.25, 0.3) is 0 Å². The van der Waals surface area contributed by atoms with E-state index >= 15 is 0 Å². The van der Waals surface area contributed by atoms with Gasteiger partial charge in [0.1, 0.15) is 0 Å². The molecule has 0 aromatic rings. The van der Waals surface area contributed by atoms with E-state index < -0.39 is 5.97 Å². The number of hydrogen-bond donors (Lipinski definition) is 1. The first-order valence-electron chi connectivity index (χ1n) is 1.15. The van der Waals surface area contributed by atoms with Gasteiger partial charge >= 0.3 is 31.8 Å². The fourth-order valence-corrected chi connectivity index (χ4v) is 0. The second-order valence-electron chi connectivity index (χ2n) is 0.519. The van der Waals surface area contributed by atoms with Gasteiger partial charge in [-0.3, -0.25) is 4.79 Å². The average Bonchev–Trinajstić information content (AvgIpc) is 1.41. The molecule has 0 amide bonds. The molecule has 0 bridgehead atoms. The predicted molar refractivity (Wildman–Crippen MR) is 19.2 cm³/mol. The van der Waals surface area contributed by atoms with Crippen LogP contribution < -0.4 is 0 Å². The van der Waals surface area contributed by atoms with Gasteiger partial charge in [0.25, 0.3) is 5.97 Å². The van der Waals surface area contributed by atoms with Gasteiger partial charge in [0.05, 0.1) is 0 Å². The topological polar surface area (TPSA) is 37.3 Å². The molecule has 5 heteroatoms. The molecule has 0 unspecified atom stereocenters. The number of hydrogen-bond acceptors (Lipinski definition) is 1. The summed E-state index contributed by atoms with van der Waals surface area (Å²) in [7, 11) is 4.70. The standard InChI is InChI=1S/C2H4O2.ClH.Ni.Sc/c1-2(3)4;;;/h1H3,(H,3,4);1H;;/q;;;+1/p-1. The molecule has 0 saturated carbocycles. The molecule has 0 rings (SSSR count). The minimum Gasteiger partial charge on any atom is 0 e. The fourth-order valence-electron chi connectivity index (χ4n) is 0. The second kappa shape index (κ2) is 15.7. The number of carboxylic acid groups (broad SMARTS) is 1. The number of aliphatic carboxylic acids is 1. The van der Waals surface area contributed by atoms with E-state index in [9.17, 15) is 0 Å². The minimum atomic E-state index is -0.833. The summed E-state index contributed by atoms with van der Waals surface area (Å²) in [4.78, 5) is 9.00. The van der Waals surface area contributed by atoms with E-state index in [1.165, 1.54) is 0 Å². The molecule has 0 saturated heterocycles. The first kappa shape index (κ1) is 15.7. The molecule has 0 aromatic carbocycles. The fraction of sp³-hybridized carbons (Fsp3) is 0.500. The molecule has 0 spiro atoms. The van der Waals surface area contributed by atoms with Gasteiger partial charge in [-0.05, 0) is 0 Å². The van der Waals surface area contributed by atoms with Crippen LogP contribution in [0.5, 0.6) is 0 Å². The van der Waals surface area contributed by atoms with Gasteiger partial charge < -0.3 is 5.11 Å². The van der Waals surface area contributed by atoms with Crippen LogP contribution in [0.1, 0.15) is 6.92 Å². The quantitative estimate of drug-likeness (QED) is 0.585. The molecule has 0 aliphatic carbocycles. The summed E-state index contributed by atoms with van der Waals surface area (Å²) in [6, 6.07) is 0. The number of halogens is 1. The van der Waals surface area contributed by atoms with Gasteiger partial charge in [0.15, 0.2) is 0 Å².